The van der Waals surface area contributed by atoms with Crippen LogP contribution in [-0.2, 0) is 0 Å². The first kappa shape index (κ1) is 20.1. The molecule has 2 N–H and O–H groups in total. The van der Waals surface area contributed by atoms with E-state index in [0.29, 0.717) is 29.2 Å². The number of rotatable bonds is 4. The fraction of sp³-hybridized carbons (Fsp3) is 0.240. The molecule has 0 spiro atoms. The highest BCUT2D eigenvalue weighted by Crippen LogP contribution is 2.51. The molecule has 0 amide bonds. The molecule has 7 nitrogen and oxygen atoms in total. The smallest absolute Gasteiger partial charge is 0.214 e. The van der Waals surface area contributed by atoms with Crippen LogP contribution in [-0.4, -0.2) is 35.2 Å². The molecule has 0 aliphatic carbocycles. The zero-order valence-electron chi connectivity index (χ0n) is 18.1. The lowest BCUT2D eigenvalue weighted by Gasteiger charge is -2.38. The highest BCUT2D eigenvalue weighted by Gasteiger charge is 2.42. The van der Waals surface area contributed by atoms with Crippen molar-refractivity contribution in [2.75, 3.05) is 14.2 Å². The van der Waals surface area contributed by atoms with Crippen molar-refractivity contribution in [3.8, 4) is 28.7 Å². The molecule has 2 atom stereocenters. The van der Waals surface area contributed by atoms with E-state index in [1.807, 2.05) is 42.3 Å². The van der Waals surface area contributed by atoms with Gasteiger partial charge in [-0.15, -0.1) is 0 Å². The topological polar surface area (TPSA) is 83.8 Å². The lowest BCUT2D eigenvalue weighted by Crippen LogP contribution is -2.33. The SMILES string of the molecule is COc1cc([C@H]2Oc3c(OC)cccc3[C@H]3CC(c4cc(C)ccc4O)=NN32)ccc1O. The predicted octanol–water partition coefficient (Wildman–Crippen LogP) is 4.67. The molecule has 164 valence electrons. The van der Waals surface area contributed by atoms with Crippen LogP contribution in [0.3, 0.4) is 0 Å². The second kappa shape index (κ2) is 7.67. The lowest BCUT2D eigenvalue weighted by molar-refractivity contribution is -0.0210. The summed E-state index contributed by atoms with van der Waals surface area (Å²) in [4.78, 5) is 0. The van der Waals surface area contributed by atoms with Gasteiger partial charge in [-0.05, 0) is 43.3 Å². The second-order valence-electron chi connectivity index (χ2n) is 7.95. The van der Waals surface area contributed by atoms with Gasteiger partial charge in [-0.25, -0.2) is 5.01 Å². The van der Waals surface area contributed by atoms with E-state index in [1.165, 1.54) is 7.11 Å². The quantitative estimate of drug-likeness (QED) is 0.624. The van der Waals surface area contributed by atoms with Crippen molar-refractivity contribution in [1.29, 1.82) is 0 Å². The number of phenols is 2. The van der Waals surface area contributed by atoms with E-state index in [1.54, 1.807) is 31.4 Å². The molecule has 0 bridgehead atoms. The van der Waals surface area contributed by atoms with Crippen molar-refractivity contribution in [2.45, 2.75) is 25.6 Å². The van der Waals surface area contributed by atoms with Crippen LogP contribution in [0.4, 0.5) is 0 Å². The van der Waals surface area contributed by atoms with E-state index in [4.69, 9.17) is 19.3 Å². The highest BCUT2D eigenvalue weighted by molar-refractivity contribution is 6.04. The first-order chi connectivity index (χ1) is 15.5. The number of benzene rings is 3. The van der Waals surface area contributed by atoms with E-state index < -0.39 is 6.23 Å². The Kier molecular flexibility index (Phi) is 4.81. The minimum atomic E-state index is -0.567. The molecule has 2 aliphatic heterocycles. The van der Waals surface area contributed by atoms with Crippen LogP contribution < -0.4 is 14.2 Å². The zero-order chi connectivity index (χ0) is 22.4. The summed E-state index contributed by atoms with van der Waals surface area (Å²) in [5.41, 5.74) is 4.29. The molecule has 32 heavy (non-hydrogen) atoms. The average molecular weight is 432 g/mol. The van der Waals surface area contributed by atoms with Crippen LogP contribution >= 0.6 is 0 Å². The summed E-state index contributed by atoms with van der Waals surface area (Å²) < 4.78 is 17.3. The predicted molar refractivity (Wildman–Crippen MR) is 120 cm³/mol. The molecule has 0 unspecified atom stereocenters. The number of methoxy groups -OCH3 is 2. The minimum Gasteiger partial charge on any atom is -0.507 e. The Labute approximate surface area is 186 Å². The number of hydrazone groups is 1. The Morgan fingerprint density at radius 1 is 0.969 bits per heavy atom. The van der Waals surface area contributed by atoms with Gasteiger partial charge in [-0.2, -0.15) is 5.10 Å². The Morgan fingerprint density at radius 2 is 1.75 bits per heavy atom. The number of fused-ring (bicyclic) bond motifs is 3. The summed E-state index contributed by atoms with van der Waals surface area (Å²) in [6, 6.07) is 16.3. The largest absolute Gasteiger partial charge is 0.507 e. The molecule has 0 fully saturated rings. The molecule has 0 saturated carbocycles. The van der Waals surface area contributed by atoms with Gasteiger partial charge in [0.2, 0.25) is 6.23 Å². The van der Waals surface area contributed by atoms with Crippen LogP contribution in [0.15, 0.2) is 59.7 Å². The van der Waals surface area contributed by atoms with Crippen molar-refractivity contribution in [3.05, 3.63) is 76.9 Å². The maximum Gasteiger partial charge on any atom is 0.214 e. The second-order valence-corrected chi connectivity index (χ2v) is 7.95. The van der Waals surface area contributed by atoms with Crippen molar-refractivity contribution >= 4 is 5.71 Å². The third-order valence-electron chi connectivity index (χ3n) is 5.95. The van der Waals surface area contributed by atoms with Crippen LogP contribution in [0.25, 0.3) is 0 Å². The molecule has 0 aromatic heterocycles. The maximum absolute atomic E-state index is 10.5. The molecular weight excluding hydrogens is 408 g/mol. The molecule has 5 rings (SSSR count). The van der Waals surface area contributed by atoms with E-state index in [9.17, 15) is 10.2 Å². The number of para-hydroxylation sites is 1. The number of aromatic hydroxyl groups is 2. The first-order valence-corrected chi connectivity index (χ1v) is 10.4. The molecular formula is C25H24N2O5. The molecule has 2 heterocycles. The molecule has 2 aliphatic rings. The summed E-state index contributed by atoms with van der Waals surface area (Å²) in [7, 11) is 3.12. The normalized spacial score (nSPS) is 19.0. The third-order valence-corrected chi connectivity index (χ3v) is 5.95. The van der Waals surface area contributed by atoms with Crippen LogP contribution in [0.2, 0.25) is 0 Å². The van der Waals surface area contributed by atoms with E-state index in [-0.39, 0.29) is 17.5 Å². The van der Waals surface area contributed by atoms with E-state index in [2.05, 4.69) is 0 Å². The van der Waals surface area contributed by atoms with Gasteiger partial charge in [0.25, 0.3) is 0 Å². The summed E-state index contributed by atoms with van der Waals surface area (Å²) in [6.07, 6.45) is 0.0365. The number of hydrogen-bond acceptors (Lipinski definition) is 7. The van der Waals surface area contributed by atoms with Gasteiger partial charge in [0, 0.05) is 23.1 Å². The van der Waals surface area contributed by atoms with Gasteiger partial charge in [-0.3, -0.25) is 0 Å². The minimum absolute atomic E-state index is 0.0527. The van der Waals surface area contributed by atoms with E-state index in [0.717, 1.165) is 22.4 Å². The first-order valence-electron chi connectivity index (χ1n) is 10.4. The van der Waals surface area contributed by atoms with Crippen LogP contribution in [0.5, 0.6) is 28.7 Å². The zero-order valence-corrected chi connectivity index (χ0v) is 18.1. The Balaban J connectivity index is 1.65. The number of phenolic OH excluding ortho intramolecular Hbond substituents is 2. The lowest BCUT2D eigenvalue weighted by atomic mass is 9.94. The number of aryl methyl sites for hydroxylation is 1. The highest BCUT2D eigenvalue weighted by atomic mass is 16.5. The monoisotopic (exact) mass is 432 g/mol. The Morgan fingerprint density at radius 3 is 2.53 bits per heavy atom. The van der Waals surface area contributed by atoms with Crippen LogP contribution in [0.1, 0.15) is 40.9 Å². The van der Waals surface area contributed by atoms with Crippen molar-refractivity contribution in [1.82, 2.24) is 5.01 Å². The number of ether oxygens (including phenoxy) is 3. The molecule has 3 aromatic carbocycles. The summed E-state index contributed by atoms with van der Waals surface area (Å²) >= 11 is 0. The fourth-order valence-corrected chi connectivity index (χ4v) is 4.36. The standard InChI is InChI=1S/C25H24N2O5/c1-14-7-9-20(28)17(11-14)18-13-19-16-5-4-6-22(30-2)24(16)32-25(27(19)26-18)15-8-10-21(29)23(12-15)31-3/h4-12,19,25,28-29H,13H2,1-3H3/t19-,25-/m1/s1. The van der Waals surface area contributed by atoms with Crippen molar-refractivity contribution in [3.63, 3.8) is 0 Å². The summed E-state index contributed by atoms with van der Waals surface area (Å²) in [5.74, 6) is 1.91. The Bertz CT molecular complexity index is 1220. The molecule has 7 heteroatoms. The molecule has 0 saturated heterocycles. The number of hydrogen-bond donors (Lipinski definition) is 2. The average Bonchev–Trinajstić information content (AvgIpc) is 3.25. The molecule has 0 radical (unpaired) electrons. The van der Waals surface area contributed by atoms with Gasteiger partial charge in [0.05, 0.1) is 26.0 Å². The maximum atomic E-state index is 10.5. The summed E-state index contributed by atoms with van der Waals surface area (Å²) in [6.45, 7) is 1.99. The van der Waals surface area contributed by atoms with Gasteiger partial charge in [-0.1, -0.05) is 23.8 Å². The van der Waals surface area contributed by atoms with Gasteiger partial charge in [0.1, 0.15) is 5.75 Å². The van der Waals surface area contributed by atoms with Gasteiger partial charge in [0.15, 0.2) is 23.0 Å². The van der Waals surface area contributed by atoms with E-state index >= 15 is 0 Å². The molecule has 3 aromatic rings. The third kappa shape index (κ3) is 3.17. The van der Waals surface area contributed by atoms with Gasteiger partial charge < -0.3 is 24.4 Å². The van der Waals surface area contributed by atoms with Crippen LogP contribution in [0, 0.1) is 6.92 Å². The summed E-state index contributed by atoms with van der Waals surface area (Å²) in [5, 5.41) is 27.3. The fourth-order valence-electron chi connectivity index (χ4n) is 4.36. The van der Waals surface area contributed by atoms with Crippen molar-refractivity contribution < 1.29 is 24.4 Å². The van der Waals surface area contributed by atoms with Gasteiger partial charge >= 0.3 is 0 Å². The van der Waals surface area contributed by atoms with Crippen molar-refractivity contribution in [2.24, 2.45) is 5.10 Å². The Hall–Kier alpha value is -3.87. The number of nitrogens with zero attached hydrogens (tertiary/aromatic N) is 2.